The summed E-state index contributed by atoms with van der Waals surface area (Å²) in [4.78, 5) is 12.4. The van der Waals surface area contributed by atoms with Gasteiger partial charge in [0.05, 0.1) is 0 Å². The molecule has 0 saturated carbocycles. The van der Waals surface area contributed by atoms with Crippen molar-refractivity contribution in [1.82, 2.24) is 0 Å². The highest BCUT2D eigenvalue weighted by molar-refractivity contribution is 5.94. The lowest BCUT2D eigenvalue weighted by Gasteiger charge is -2.17. The molecule has 1 amide bonds. The number of anilines is 1. The molecule has 3 nitrogen and oxygen atoms in total. The van der Waals surface area contributed by atoms with Gasteiger partial charge in [-0.2, -0.15) is 0 Å². The van der Waals surface area contributed by atoms with Gasteiger partial charge in [0, 0.05) is 5.69 Å². The van der Waals surface area contributed by atoms with Crippen LogP contribution in [-0.4, -0.2) is 12.0 Å². The van der Waals surface area contributed by atoms with Crippen LogP contribution in [0.4, 0.5) is 5.69 Å². The molecule has 0 saturated heterocycles. The second-order valence-electron chi connectivity index (χ2n) is 7.20. The van der Waals surface area contributed by atoms with Gasteiger partial charge < -0.3 is 10.1 Å². The first-order valence-corrected chi connectivity index (χ1v) is 8.96. The maximum Gasteiger partial charge on any atom is 0.265 e. The molecule has 25 heavy (non-hydrogen) atoms. The SMILES string of the molecule is Cc1cc(OC(C)C(=O)Nc2ccc(C(C)C)cc2)ccc1C(C)C. The summed E-state index contributed by atoms with van der Waals surface area (Å²) in [5.74, 6) is 1.52. The number of rotatable bonds is 6. The van der Waals surface area contributed by atoms with E-state index in [9.17, 15) is 4.79 Å². The van der Waals surface area contributed by atoms with Crippen LogP contribution in [-0.2, 0) is 4.79 Å². The van der Waals surface area contributed by atoms with E-state index in [2.05, 4.69) is 46.0 Å². The van der Waals surface area contributed by atoms with Crippen molar-refractivity contribution in [3.05, 3.63) is 59.2 Å². The molecular weight excluding hydrogens is 310 g/mol. The maximum absolute atomic E-state index is 12.4. The van der Waals surface area contributed by atoms with Crippen molar-refractivity contribution in [3.63, 3.8) is 0 Å². The third kappa shape index (κ3) is 5.09. The Morgan fingerprint density at radius 3 is 2.08 bits per heavy atom. The van der Waals surface area contributed by atoms with Crippen molar-refractivity contribution >= 4 is 11.6 Å². The quantitative estimate of drug-likeness (QED) is 0.739. The van der Waals surface area contributed by atoms with Crippen molar-refractivity contribution < 1.29 is 9.53 Å². The van der Waals surface area contributed by atoms with E-state index < -0.39 is 6.10 Å². The van der Waals surface area contributed by atoms with E-state index in [1.807, 2.05) is 36.4 Å². The van der Waals surface area contributed by atoms with Crippen LogP contribution in [0, 0.1) is 6.92 Å². The number of hydrogen-bond donors (Lipinski definition) is 1. The van der Waals surface area contributed by atoms with Crippen molar-refractivity contribution in [1.29, 1.82) is 0 Å². The fourth-order valence-electron chi connectivity index (χ4n) is 2.82. The molecule has 1 atom stereocenters. The molecular formula is C22H29NO2. The van der Waals surface area contributed by atoms with E-state index >= 15 is 0 Å². The highest BCUT2D eigenvalue weighted by Gasteiger charge is 2.16. The number of carbonyl (C=O) groups is 1. The Morgan fingerprint density at radius 2 is 1.56 bits per heavy atom. The highest BCUT2D eigenvalue weighted by Crippen LogP contribution is 2.24. The molecule has 2 aromatic carbocycles. The maximum atomic E-state index is 12.4. The minimum Gasteiger partial charge on any atom is -0.481 e. The van der Waals surface area contributed by atoms with Gasteiger partial charge in [0.2, 0.25) is 0 Å². The normalized spacial score (nSPS) is 12.3. The zero-order valence-corrected chi connectivity index (χ0v) is 16.1. The van der Waals surface area contributed by atoms with Crippen molar-refractivity contribution in [2.45, 2.75) is 59.5 Å². The summed E-state index contributed by atoms with van der Waals surface area (Å²) in [7, 11) is 0. The van der Waals surface area contributed by atoms with Gasteiger partial charge in [-0.15, -0.1) is 0 Å². The van der Waals surface area contributed by atoms with Gasteiger partial charge in [-0.3, -0.25) is 4.79 Å². The van der Waals surface area contributed by atoms with Crippen LogP contribution in [0.5, 0.6) is 5.75 Å². The highest BCUT2D eigenvalue weighted by atomic mass is 16.5. The van der Waals surface area contributed by atoms with E-state index in [-0.39, 0.29) is 5.91 Å². The Kier molecular flexibility index (Phi) is 6.24. The van der Waals surface area contributed by atoms with Crippen LogP contribution >= 0.6 is 0 Å². The summed E-state index contributed by atoms with van der Waals surface area (Å²) in [5.41, 5.74) is 4.53. The zero-order chi connectivity index (χ0) is 18.6. The Morgan fingerprint density at radius 1 is 0.920 bits per heavy atom. The van der Waals surface area contributed by atoms with Gasteiger partial charge in [0.25, 0.3) is 5.91 Å². The third-order valence-corrected chi connectivity index (χ3v) is 4.39. The Labute approximate surface area is 151 Å². The smallest absolute Gasteiger partial charge is 0.265 e. The van der Waals surface area contributed by atoms with Gasteiger partial charge in [0.15, 0.2) is 6.10 Å². The number of hydrogen-bond acceptors (Lipinski definition) is 2. The number of aryl methyl sites for hydroxylation is 1. The second-order valence-corrected chi connectivity index (χ2v) is 7.20. The lowest BCUT2D eigenvalue weighted by molar-refractivity contribution is -0.122. The number of benzene rings is 2. The average molecular weight is 339 g/mol. The minimum absolute atomic E-state index is 0.150. The molecule has 2 rings (SSSR count). The minimum atomic E-state index is -0.561. The van der Waals surface area contributed by atoms with Gasteiger partial charge in [-0.05, 0) is 66.6 Å². The molecule has 1 N–H and O–H groups in total. The lowest BCUT2D eigenvalue weighted by atomic mass is 9.98. The summed E-state index contributed by atoms with van der Waals surface area (Å²) < 4.78 is 5.81. The first-order chi connectivity index (χ1) is 11.8. The van der Waals surface area contributed by atoms with Gasteiger partial charge in [-0.25, -0.2) is 0 Å². The Balaban J connectivity index is 1.99. The number of ether oxygens (including phenoxy) is 1. The zero-order valence-electron chi connectivity index (χ0n) is 16.1. The predicted molar refractivity (Wildman–Crippen MR) is 105 cm³/mol. The van der Waals surface area contributed by atoms with E-state index in [0.29, 0.717) is 11.8 Å². The fourth-order valence-corrected chi connectivity index (χ4v) is 2.82. The lowest BCUT2D eigenvalue weighted by Crippen LogP contribution is -2.30. The molecule has 0 aliphatic heterocycles. The van der Waals surface area contributed by atoms with Crippen molar-refractivity contribution in [2.24, 2.45) is 0 Å². The van der Waals surface area contributed by atoms with E-state index in [1.54, 1.807) is 6.92 Å². The summed E-state index contributed by atoms with van der Waals surface area (Å²) in [6.45, 7) is 12.5. The first kappa shape index (κ1) is 19.0. The average Bonchev–Trinajstić information content (AvgIpc) is 2.55. The largest absolute Gasteiger partial charge is 0.481 e. The van der Waals surface area contributed by atoms with Crippen LogP contribution in [0.2, 0.25) is 0 Å². The van der Waals surface area contributed by atoms with Crippen molar-refractivity contribution in [2.75, 3.05) is 5.32 Å². The third-order valence-electron chi connectivity index (χ3n) is 4.39. The fraction of sp³-hybridized carbons (Fsp3) is 0.409. The molecule has 0 spiro atoms. The monoisotopic (exact) mass is 339 g/mol. The summed E-state index contributed by atoms with van der Waals surface area (Å²) in [6, 6.07) is 14.0. The predicted octanol–water partition coefficient (Wildman–Crippen LogP) is 5.65. The van der Waals surface area contributed by atoms with E-state index in [1.165, 1.54) is 16.7 Å². The van der Waals surface area contributed by atoms with Gasteiger partial charge in [0.1, 0.15) is 5.75 Å². The van der Waals surface area contributed by atoms with E-state index in [4.69, 9.17) is 4.74 Å². The molecule has 0 aliphatic carbocycles. The molecule has 0 aromatic heterocycles. The Hall–Kier alpha value is -2.29. The van der Waals surface area contributed by atoms with Crippen LogP contribution < -0.4 is 10.1 Å². The van der Waals surface area contributed by atoms with Gasteiger partial charge in [-0.1, -0.05) is 45.9 Å². The standard InChI is InChI=1S/C22H29NO2/c1-14(2)18-7-9-19(10-8-18)23-22(24)17(6)25-20-11-12-21(15(3)4)16(5)13-20/h7-15,17H,1-6H3,(H,23,24). The van der Waals surface area contributed by atoms with Crippen LogP contribution in [0.3, 0.4) is 0 Å². The molecule has 0 heterocycles. The van der Waals surface area contributed by atoms with E-state index in [0.717, 1.165) is 11.4 Å². The number of amides is 1. The molecule has 134 valence electrons. The molecule has 0 radical (unpaired) electrons. The molecule has 0 bridgehead atoms. The number of nitrogens with one attached hydrogen (secondary N) is 1. The number of carbonyl (C=O) groups excluding carboxylic acids is 1. The molecule has 2 aromatic rings. The Bertz CT molecular complexity index is 717. The van der Waals surface area contributed by atoms with Gasteiger partial charge >= 0.3 is 0 Å². The first-order valence-electron chi connectivity index (χ1n) is 8.96. The van der Waals surface area contributed by atoms with Crippen LogP contribution in [0.15, 0.2) is 42.5 Å². The summed E-state index contributed by atoms with van der Waals surface area (Å²) in [5, 5.41) is 2.91. The van der Waals surface area contributed by atoms with Crippen LogP contribution in [0.25, 0.3) is 0 Å². The molecule has 0 fully saturated rings. The summed E-state index contributed by atoms with van der Waals surface area (Å²) in [6.07, 6.45) is -0.561. The molecule has 0 aliphatic rings. The second kappa shape index (κ2) is 8.19. The molecule has 1 unspecified atom stereocenters. The van der Waals surface area contributed by atoms with Crippen LogP contribution in [0.1, 0.15) is 63.1 Å². The topological polar surface area (TPSA) is 38.3 Å². The molecule has 3 heteroatoms. The summed E-state index contributed by atoms with van der Waals surface area (Å²) >= 11 is 0. The van der Waals surface area contributed by atoms with Crippen molar-refractivity contribution in [3.8, 4) is 5.75 Å².